The van der Waals surface area contributed by atoms with Crippen molar-refractivity contribution in [3.63, 3.8) is 0 Å². The van der Waals surface area contributed by atoms with Crippen molar-refractivity contribution in [3.05, 3.63) is 24.3 Å². The van der Waals surface area contributed by atoms with Gasteiger partial charge in [-0.15, -0.1) is 0 Å². The molecule has 1 aliphatic heterocycles. The average molecular weight is 263 g/mol. The monoisotopic (exact) mass is 263 g/mol. The predicted molar refractivity (Wildman–Crippen MR) is 68.1 cm³/mol. The minimum absolute atomic E-state index is 0.0594. The minimum Gasteiger partial charge on any atom is -0.468 e. The Bertz CT molecular complexity index is 486. The Hall–Kier alpha value is -1.91. The standard InChI is InChI=1S/C14H17NO4/c1-13(2)12(18)15(8-11(17)19-3)9-14(13)6-4-10(16)5-7-14/h4-7H,8-9H2,1-3H3. The fraction of sp³-hybridized carbons (Fsp3) is 0.500. The van der Waals surface area contributed by atoms with Crippen molar-refractivity contribution in [1.29, 1.82) is 0 Å². The molecule has 0 unspecified atom stereocenters. The van der Waals surface area contributed by atoms with Crippen LogP contribution in [0.25, 0.3) is 0 Å². The SMILES string of the molecule is COC(=O)CN1CC2(C=CC(=O)C=C2)C(C)(C)C1=O. The molecule has 0 aromatic carbocycles. The van der Waals surface area contributed by atoms with Gasteiger partial charge in [-0.05, 0) is 26.0 Å². The smallest absolute Gasteiger partial charge is 0.325 e. The van der Waals surface area contributed by atoms with Crippen LogP contribution >= 0.6 is 0 Å². The van der Waals surface area contributed by atoms with E-state index in [1.54, 1.807) is 12.2 Å². The minimum atomic E-state index is -0.686. The van der Waals surface area contributed by atoms with Crippen LogP contribution in [0.4, 0.5) is 0 Å². The first-order valence-electron chi connectivity index (χ1n) is 6.11. The summed E-state index contributed by atoms with van der Waals surface area (Å²) >= 11 is 0. The highest BCUT2D eigenvalue weighted by Crippen LogP contribution is 2.49. The van der Waals surface area contributed by atoms with Crippen LogP contribution in [0.15, 0.2) is 24.3 Å². The average Bonchev–Trinajstić information content (AvgIpc) is 2.55. The Morgan fingerprint density at radius 1 is 1.32 bits per heavy atom. The molecule has 0 bridgehead atoms. The molecule has 0 radical (unpaired) electrons. The summed E-state index contributed by atoms with van der Waals surface area (Å²) in [7, 11) is 1.29. The number of ether oxygens (including phenoxy) is 1. The third-order valence-electron chi connectivity index (χ3n) is 4.08. The highest BCUT2D eigenvalue weighted by Gasteiger charge is 2.56. The highest BCUT2D eigenvalue weighted by molar-refractivity contribution is 6.01. The normalized spacial score (nSPS) is 23.2. The maximum atomic E-state index is 12.4. The van der Waals surface area contributed by atoms with E-state index in [1.807, 2.05) is 13.8 Å². The van der Waals surface area contributed by atoms with Crippen LogP contribution in [0.5, 0.6) is 0 Å². The van der Waals surface area contributed by atoms with Crippen molar-refractivity contribution in [2.24, 2.45) is 10.8 Å². The van der Waals surface area contributed by atoms with E-state index in [1.165, 1.54) is 24.2 Å². The number of carbonyl (C=O) groups excluding carboxylic acids is 3. The van der Waals surface area contributed by atoms with E-state index >= 15 is 0 Å². The van der Waals surface area contributed by atoms with Gasteiger partial charge >= 0.3 is 5.97 Å². The summed E-state index contributed by atoms with van der Waals surface area (Å²) < 4.78 is 4.60. The number of allylic oxidation sites excluding steroid dienone is 2. The Kier molecular flexibility index (Phi) is 3.08. The fourth-order valence-corrected chi connectivity index (χ4v) is 2.62. The lowest BCUT2D eigenvalue weighted by Gasteiger charge is -2.34. The van der Waals surface area contributed by atoms with Crippen LogP contribution in [0, 0.1) is 10.8 Å². The molecule has 1 aliphatic carbocycles. The number of hydrogen-bond donors (Lipinski definition) is 0. The molecule has 2 aliphatic rings. The second-order valence-electron chi connectivity index (χ2n) is 5.47. The fourth-order valence-electron chi connectivity index (χ4n) is 2.62. The molecule has 1 fully saturated rings. The second-order valence-corrected chi connectivity index (χ2v) is 5.47. The van der Waals surface area contributed by atoms with E-state index in [2.05, 4.69) is 4.74 Å². The largest absolute Gasteiger partial charge is 0.468 e. The molecular weight excluding hydrogens is 246 g/mol. The van der Waals surface area contributed by atoms with Gasteiger partial charge in [-0.3, -0.25) is 14.4 Å². The van der Waals surface area contributed by atoms with Crippen LogP contribution < -0.4 is 0 Å². The van der Waals surface area contributed by atoms with Crippen molar-refractivity contribution < 1.29 is 19.1 Å². The van der Waals surface area contributed by atoms with E-state index < -0.39 is 16.8 Å². The van der Waals surface area contributed by atoms with Gasteiger partial charge in [0.25, 0.3) is 0 Å². The van der Waals surface area contributed by atoms with Gasteiger partial charge in [0.1, 0.15) is 6.54 Å². The lowest BCUT2D eigenvalue weighted by atomic mass is 9.66. The number of rotatable bonds is 2. The lowest BCUT2D eigenvalue weighted by Crippen LogP contribution is -2.37. The first-order chi connectivity index (χ1) is 8.82. The second kappa shape index (κ2) is 4.33. The summed E-state index contributed by atoms with van der Waals surface area (Å²) in [5.74, 6) is -0.636. The van der Waals surface area contributed by atoms with Crippen molar-refractivity contribution in [3.8, 4) is 0 Å². The Morgan fingerprint density at radius 3 is 2.42 bits per heavy atom. The van der Waals surface area contributed by atoms with E-state index in [0.29, 0.717) is 6.54 Å². The number of methoxy groups -OCH3 is 1. The van der Waals surface area contributed by atoms with Crippen LogP contribution in [0.3, 0.4) is 0 Å². The molecule has 5 heteroatoms. The van der Waals surface area contributed by atoms with Crippen molar-refractivity contribution in [2.45, 2.75) is 13.8 Å². The molecule has 1 spiro atoms. The van der Waals surface area contributed by atoms with Gasteiger partial charge in [-0.1, -0.05) is 12.2 Å². The maximum absolute atomic E-state index is 12.4. The molecule has 1 heterocycles. The summed E-state index contributed by atoms with van der Waals surface area (Å²) in [5, 5.41) is 0. The Morgan fingerprint density at radius 2 is 1.89 bits per heavy atom. The van der Waals surface area contributed by atoms with Gasteiger partial charge in [0.2, 0.25) is 5.91 Å². The molecule has 102 valence electrons. The molecule has 0 aromatic heterocycles. The van der Waals surface area contributed by atoms with Crippen LogP contribution in [0.2, 0.25) is 0 Å². The van der Waals surface area contributed by atoms with E-state index in [9.17, 15) is 14.4 Å². The predicted octanol–water partition coefficient (Wildman–Crippen LogP) is 0.709. The van der Waals surface area contributed by atoms with Gasteiger partial charge in [-0.25, -0.2) is 0 Å². The molecule has 1 amide bonds. The summed E-state index contributed by atoms with van der Waals surface area (Å²) in [6.45, 7) is 3.98. The first kappa shape index (κ1) is 13.5. The quantitative estimate of drug-likeness (QED) is 0.688. The topological polar surface area (TPSA) is 63.7 Å². The molecule has 1 saturated heterocycles. The maximum Gasteiger partial charge on any atom is 0.325 e. The number of carbonyl (C=O) groups is 3. The zero-order chi connectivity index (χ0) is 14.3. The van der Waals surface area contributed by atoms with Crippen molar-refractivity contribution in [2.75, 3.05) is 20.2 Å². The zero-order valence-corrected chi connectivity index (χ0v) is 11.3. The molecule has 0 N–H and O–H groups in total. The Balaban J connectivity index is 2.31. The van der Waals surface area contributed by atoms with Crippen molar-refractivity contribution in [1.82, 2.24) is 4.90 Å². The van der Waals surface area contributed by atoms with Crippen LogP contribution in [0.1, 0.15) is 13.8 Å². The highest BCUT2D eigenvalue weighted by atomic mass is 16.5. The molecule has 5 nitrogen and oxygen atoms in total. The summed E-state index contributed by atoms with van der Waals surface area (Å²) in [6.07, 6.45) is 6.50. The van der Waals surface area contributed by atoms with Crippen molar-refractivity contribution >= 4 is 17.7 Å². The van der Waals surface area contributed by atoms with Crippen LogP contribution in [-0.2, 0) is 19.1 Å². The summed E-state index contributed by atoms with van der Waals surface area (Å²) in [5.41, 5.74) is -1.22. The molecular formula is C14H17NO4. The number of likely N-dealkylation sites (tertiary alicyclic amines) is 1. The number of nitrogens with zero attached hydrogens (tertiary/aromatic N) is 1. The van der Waals surface area contributed by atoms with Gasteiger partial charge in [0.05, 0.1) is 12.5 Å². The third-order valence-corrected chi connectivity index (χ3v) is 4.08. The molecule has 2 rings (SSSR count). The van der Waals surface area contributed by atoms with Crippen LogP contribution in [-0.4, -0.2) is 42.8 Å². The molecule has 0 saturated carbocycles. The van der Waals surface area contributed by atoms with E-state index in [4.69, 9.17) is 0 Å². The van der Waals surface area contributed by atoms with E-state index in [0.717, 1.165) is 0 Å². The number of ketones is 1. The number of hydrogen-bond acceptors (Lipinski definition) is 4. The summed E-state index contributed by atoms with van der Waals surface area (Å²) in [4.78, 5) is 36.5. The first-order valence-corrected chi connectivity index (χ1v) is 6.11. The van der Waals surface area contributed by atoms with Gasteiger partial charge in [0, 0.05) is 12.0 Å². The Labute approximate surface area is 111 Å². The summed E-state index contributed by atoms with van der Waals surface area (Å²) in [6, 6.07) is 0. The lowest BCUT2D eigenvalue weighted by molar-refractivity contribution is -0.147. The van der Waals surface area contributed by atoms with Gasteiger partial charge in [-0.2, -0.15) is 0 Å². The molecule has 19 heavy (non-hydrogen) atoms. The zero-order valence-electron chi connectivity index (χ0n) is 11.3. The van der Waals surface area contributed by atoms with E-state index in [-0.39, 0.29) is 18.2 Å². The van der Waals surface area contributed by atoms with Gasteiger partial charge in [0.15, 0.2) is 5.78 Å². The number of amides is 1. The van der Waals surface area contributed by atoms with Gasteiger partial charge < -0.3 is 9.64 Å². The third kappa shape index (κ3) is 1.99. The molecule has 0 atom stereocenters. The number of esters is 1. The molecule has 0 aromatic rings.